The van der Waals surface area contributed by atoms with Crippen molar-refractivity contribution in [2.45, 2.75) is 0 Å². The molecule has 4 rings (SSSR count). The zero-order valence-electron chi connectivity index (χ0n) is 14.7. The van der Waals surface area contributed by atoms with Crippen LogP contribution in [-0.4, -0.2) is 18.6 Å². The zero-order chi connectivity index (χ0) is 19.3. The number of amides is 2. The Morgan fingerprint density at radius 2 is 1.32 bits per heavy atom. The number of carbonyl (C=O) groups excluding carboxylic acids is 2. The van der Waals surface area contributed by atoms with Crippen LogP contribution in [0.3, 0.4) is 0 Å². The summed E-state index contributed by atoms with van der Waals surface area (Å²) in [6.45, 7) is 0.126. The Kier molecular flexibility index (Phi) is 4.79. The second kappa shape index (κ2) is 7.71. The first kappa shape index (κ1) is 17.4. The van der Waals surface area contributed by atoms with Gasteiger partial charge in [0.05, 0.1) is 0 Å². The molecule has 0 saturated carbocycles. The molecule has 0 atom stereocenters. The van der Waals surface area contributed by atoms with Crippen LogP contribution in [0.5, 0.6) is 23.0 Å². The minimum absolute atomic E-state index is 0.126. The van der Waals surface area contributed by atoms with Gasteiger partial charge < -0.3 is 14.2 Å². The van der Waals surface area contributed by atoms with Crippen LogP contribution in [-0.2, 0) is 0 Å². The molecule has 0 bridgehead atoms. The van der Waals surface area contributed by atoms with Crippen molar-refractivity contribution in [3.8, 4) is 23.0 Å². The SMILES string of the molecule is O=C(NNC(=O)c1ccc2c(c1)OCO2)c1ccc(Oc2ccccc2)cc1. The summed E-state index contributed by atoms with van der Waals surface area (Å²) >= 11 is 0. The number of fused-ring (bicyclic) bond motifs is 1. The van der Waals surface area contributed by atoms with Crippen LogP contribution < -0.4 is 25.1 Å². The first-order valence-corrected chi connectivity index (χ1v) is 8.52. The largest absolute Gasteiger partial charge is 0.457 e. The normalized spacial score (nSPS) is 11.6. The number of nitrogens with one attached hydrogen (secondary N) is 2. The van der Waals surface area contributed by atoms with E-state index in [0.29, 0.717) is 34.1 Å². The molecule has 0 unspecified atom stereocenters. The molecular formula is C21H16N2O5. The molecule has 0 fully saturated rings. The summed E-state index contributed by atoms with van der Waals surface area (Å²) in [5, 5.41) is 0. The number of hydrogen-bond donors (Lipinski definition) is 2. The lowest BCUT2D eigenvalue weighted by Crippen LogP contribution is -2.41. The Morgan fingerprint density at radius 3 is 2.07 bits per heavy atom. The second-order valence-corrected chi connectivity index (χ2v) is 5.92. The van der Waals surface area contributed by atoms with Crippen molar-refractivity contribution in [3.05, 3.63) is 83.9 Å². The van der Waals surface area contributed by atoms with E-state index >= 15 is 0 Å². The maximum atomic E-state index is 12.2. The Bertz CT molecular complexity index is 1000. The lowest BCUT2D eigenvalue weighted by atomic mass is 10.2. The maximum Gasteiger partial charge on any atom is 0.269 e. The number of hydrogen-bond acceptors (Lipinski definition) is 5. The van der Waals surface area contributed by atoms with Gasteiger partial charge in [-0.25, -0.2) is 0 Å². The third-order valence-corrected chi connectivity index (χ3v) is 4.02. The molecule has 0 aliphatic carbocycles. The summed E-state index contributed by atoms with van der Waals surface area (Å²) in [4.78, 5) is 24.4. The van der Waals surface area contributed by atoms with Gasteiger partial charge in [-0.2, -0.15) is 0 Å². The van der Waals surface area contributed by atoms with Gasteiger partial charge >= 0.3 is 0 Å². The molecule has 3 aromatic carbocycles. The molecule has 1 aliphatic rings. The highest BCUT2D eigenvalue weighted by atomic mass is 16.7. The monoisotopic (exact) mass is 376 g/mol. The molecule has 2 N–H and O–H groups in total. The number of para-hydroxylation sites is 1. The lowest BCUT2D eigenvalue weighted by molar-refractivity contribution is 0.0846. The summed E-state index contributed by atoms with van der Waals surface area (Å²) in [7, 11) is 0. The predicted octanol–water partition coefficient (Wildman–Crippen LogP) is 3.28. The van der Waals surface area contributed by atoms with Crippen molar-refractivity contribution < 1.29 is 23.8 Å². The minimum Gasteiger partial charge on any atom is -0.457 e. The minimum atomic E-state index is -0.462. The molecule has 140 valence electrons. The predicted molar refractivity (Wildman–Crippen MR) is 100 cm³/mol. The average molecular weight is 376 g/mol. The van der Waals surface area contributed by atoms with E-state index in [0.717, 1.165) is 0 Å². The van der Waals surface area contributed by atoms with E-state index in [1.807, 2.05) is 30.3 Å². The summed E-state index contributed by atoms with van der Waals surface area (Å²) in [5.41, 5.74) is 5.48. The van der Waals surface area contributed by atoms with Crippen LogP contribution in [0.2, 0.25) is 0 Å². The quantitative estimate of drug-likeness (QED) is 0.683. The van der Waals surface area contributed by atoms with Crippen molar-refractivity contribution in [1.29, 1.82) is 0 Å². The third-order valence-electron chi connectivity index (χ3n) is 4.02. The lowest BCUT2D eigenvalue weighted by Gasteiger charge is -2.09. The van der Waals surface area contributed by atoms with Gasteiger partial charge in [-0.15, -0.1) is 0 Å². The van der Waals surface area contributed by atoms with E-state index in [1.54, 1.807) is 42.5 Å². The topological polar surface area (TPSA) is 85.9 Å². The van der Waals surface area contributed by atoms with Crippen molar-refractivity contribution in [2.24, 2.45) is 0 Å². The van der Waals surface area contributed by atoms with Crippen LogP contribution in [0.1, 0.15) is 20.7 Å². The van der Waals surface area contributed by atoms with E-state index in [4.69, 9.17) is 14.2 Å². The second-order valence-electron chi connectivity index (χ2n) is 5.92. The molecule has 0 saturated heterocycles. The van der Waals surface area contributed by atoms with Gasteiger partial charge in [0.15, 0.2) is 11.5 Å². The maximum absolute atomic E-state index is 12.2. The van der Waals surface area contributed by atoms with Gasteiger partial charge in [-0.05, 0) is 54.6 Å². The van der Waals surface area contributed by atoms with Gasteiger partial charge in [-0.1, -0.05) is 18.2 Å². The van der Waals surface area contributed by atoms with Crippen molar-refractivity contribution in [1.82, 2.24) is 10.9 Å². The summed E-state index contributed by atoms with van der Waals surface area (Å²) < 4.78 is 16.1. The summed E-state index contributed by atoms with van der Waals surface area (Å²) in [5.74, 6) is 1.48. The number of benzene rings is 3. The molecule has 7 heteroatoms. The molecule has 3 aromatic rings. The highest BCUT2D eigenvalue weighted by molar-refractivity contribution is 5.99. The zero-order valence-corrected chi connectivity index (χ0v) is 14.7. The van der Waals surface area contributed by atoms with Crippen LogP contribution in [0.25, 0.3) is 0 Å². The fourth-order valence-corrected chi connectivity index (χ4v) is 2.59. The fourth-order valence-electron chi connectivity index (χ4n) is 2.59. The first-order chi connectivity index (χ1) is 13.7. The molecule has 1 heterocycles. The highest BCUT2D eigenvalue weighted by Gasteiger charge is 2.16. The standard InChI is InChI=1S/C21H16N2O5/c24-20(14-6-9-17(10-7-14)28-16-4-2-1-3-5-16)22-23-21(25)15-8-11-18-19(12-15)27-13-26-18/h1-12H,13H2,(H,22,24)(H,23,25). The molecular weight excluding hydrogens is 360 g/mol. The van der Waals surface area contributed by atoms with Gasteiger partial charge in [0.25, 0.3) is 11.8 Å². The Labute approximate surface area is 160 Å². The van der Waals surface area contributed by atoms with Gasteiger partial charge in [0.1, 0.15) is 11.5 Å². The highest BCUT2D eigenvalue weighted by Crippen LogP contribution is 2.32. The summed E-state index contributed by atoms with van der Waals surface area (Å²) in [6.07, 6.45) is 0. The smallest absolute Gasteiger partial charge is 0.269 e. The van der Waals surface area contributed by atoms with Crippen molar-refractivity contribution in [2.75, 3.05) is 6.79 Å². The number of ether oxygens (including phenoxy) is 3. The number of hydrazine groups is 1. The molecule has 1 aliphatic heterocycles. The van der Waals surface area contributed by atoms with E-state index in [9.17, 15) is 9.59 Å². The Hall–Kier alpha value is -4.00. The average Bonchev–Trinajstić information content (AvgIpc) is 3.21. The van der Waals surface area contributed by atoms with E-state index in [1.165, 1.54) is 0 Å². The van der Waals surface area contributed by atoms with E-state index in [-0.39, 0.29) is 6.79 Å². The van der Waals surface area contributed by atoms with Gasteiger partial charge in [-0.3, -0.25) is 20.4 Å². The number of rotatable bonds is 4. The van der Waals surface area contributed by atoms with Crippen LogP contribution in [0.4, 0.5) is 0 Å². The van der Waals surface area contributed by atoms with Crippen LogP contribution in [0, 0.1) is 0 Å². The summed E-state index contributed by atoms with van der Waals surface area (Å²) in [6, 6.07) is 20.7. The van der Waals surface area contributed by atoms with Crippen LogP contribution in [0.15, 0.2) is 72.8 Å². The molecule has 0 spiro atoms. The Balaban J connectivity index is 1.34. The molecule has 0 aromatic heterocycles. The van der Waals surface area contributed by atoms with Crippen molar-refractivity contribution in [3.63, 3.8) is 0 Å². The third kappa shape index (κ3) is 3.88. The Morgan fingerprint density at radius 1 is 0.714 bits per heavy atom. The van der Waals surface area contributed by atoms with Crippen molar-refractivity contribution >= 4 is 11.8 Å². The van der Waals surface area contributed by atoms with E-state index in [2.05, 4.69) is 10.9 Å². The van der Waals surface area contributed by atoms with E-state index < -0.39 is 11.8 Å². The molecule has 28 heavy (non-hydrogen) atoms. The molecule has 7 nitrogen and oxygen atoms in total. The fraction of sp³-hybridized carbons (Fsp3) is 0.0476. The van der Waals surface area contributed by atoms with Gasteiger partial charge in [0, 0.05) is 11.1 Å². The van der Waals surface area contributed by atoms with Gasteiger partial charge in [0.2, 0.25) is 6.79 Å². The first-order valence-electron chi connectivity index (χ1n) is 8.52. The number of carbonyl (C=O) groups is 2. The molecule has 0 radical (unpaired) electrons. The molecule has 2 amide bonds. The van der Waals surface area contributed by atoms with Crippen LogP contribution >= 0.6 is 0 Å².